The topological polar surface area (TPSA) is 205 Å². The van der Waals surface area contributed by atoms with Gasteiger partial charge in [-0.25, -0.2) is 19.3 Å². The van der Waals surface area contributed by atoms with E-state index in [9.17, 15) is 23.9 Å². The Morgan fingerprint density at radius 3 is 2.22 bits per heavy atom. The van der Waals surface area contributed by atoms with Gasteiger partial charge in [0.25, 0.3) is 5.91 Å². The maximum Gasteiger partial charge on any atom is 0.255 e. The number of nitrogens with zero attached hydrogens (tertiary/aromatic N) is 5. The summed E-state index contributed by atoms with van der Waals surface area (Å²) in [6.45, 7) is 10.1. The number of carbonyl (C=O) groups is 3. The Morgan fingerprint density at radius 1 is 0.844 bits per heavy atom. The lowest BCUT2D eigenvalue weighted by molar-refractivity contribution is -0.143. The Bertz CT molecular complexity index is 2970. The SMILES string of the molecule is COc1cc2ncnc(Nc3ccc(F)c(Cl)c3)c2cc1OCCOCCOCCCCOCCOCCOc1cc(-c2scnc2C)ccc1CNC(=O)[C@@H]1C[C@@H](O)CN1C(=O)[C@H](C(C)C)N1Cc2ccccc2C1=O. The van der Waals surface area contributed by atoms with Gasteiger partial charge >= 0.3 is 0 Å². The number of rotatable bonds is 29. The lowest BCUT2D eigenvalue weighted by Gasteiger charge is -2.35. The standard InChI is InChI=1S/C56H65ClFN7O11S/c1-35(2)51(65-31-39-9-5-6-10-42(39)55(65)68)56(69)64-32-41(66)27-47(64)54(67)59-30-38-12-11-37(52-36(3)62-34-77-52)25-48(38)75-23-21-73-19-17-71-15-7-8-16-72-18-20-74-22-24-76-50-28-43-46(29-49(50)70-4)60-33-61-53(43)63-40-13-14-45(58)44(57)26-40/h5-6,9-14,25-26,28-29,33-35,41,47,51,66H,7-8,15-24,27,30-32H2,1-4H3,(H,59,67)(H,60,61,63)/t41-,47+,51+/m1/s1. The summed E-state index contributed by atoms with van der Waals surface area (Å²) < 4.78 is 54.5. The van der Waals surface area contributed by atoms with Crippen molar-refractivity contribution in [3.05, 3.63) is 118 Å². The van der Waals surface area contributed by atoms with Crippen LogP contribution in [0, 0.1) is 18.7 Å². The number of methoxy groups -OCH3 is 1. The fraction of sp³-hybridized carbons (Fsp3) is 0.429. The molecule has 0 aliphatic carbocycles. The van der Waals surface area contributed by atoms with Crippen LogP contribution in [0.1, 0.15) is 60.3 Å². The van der Waals surface area contributed by atoms with E-state index in [-0.39, 0.29) is 55.5 Å². The van der Waals surface area contributed by atoms with Gasteiger partial charge in [-0.1, -0.05) is 55.8 Å². The molecule has 77 heavy (non-hydrogen) atoms. The van der Waals surface area contributed by atoms with Crippen molar-refractivity contribution in [3.8, 4) is 27.7 Å². The average molecular weight is 1100 g/mol. The largest absolute Gasteiger partial charge is 0.493 e. The number of aryl methyl sites for hydroxylation is 1. The molecule has 4 heterocycles. The number of nitrogens with one attached hydrogen (secondary N) is 2. The quantitative estimate of drug-likeness (QED) is 0.0379. The first-order chi connectivity index (χ1) is 37.4. The minimum atomic E-state index is -0.915. The minimum absolute atomic E-state index is 0.00529. The van der Waals surface area contributed by atoms with Gasteiger partial charge in [0.05, 0.1) is 79.5 Å². The molecule has 410 valence electrons. The lowest BCUT2D eigenvalue weighted by atomic mass is 10.0. The molecule has 8 rings (SSSR count). The van der Waals surface area contributed by atoms with Crippen molar-refractivity contribution in [2.75, 3.05) is 85.0 Å². The number of aliphatic hydroxyl groups is 1. The highest BCUT2D eigenvalue weighted by atomic mass is 35.5. The summed E-state index contributed by atoms with van der Waals surface area (Å²) >= 11 is 7.49. The van der Waals surface area contributed by atoms with Crippen molar-refractivity contribution in [2.45, 2.75) is 71.3 Å². The summed E-state index contributed by atoms with van der Waals surface area (Å²) in [4.78, 5) is 58.7. The van der Waals surface area contributed by atoms with Crippen molar-refractivity contribution in [1.82, 2.24) is 30.1 Å². The van der Waals surface area contributed by atoms with E-state index in [2.05, 4.69) is 25.6 Å². The number of unbranched alkanes of at least 4 members (excludes halogenated alkanes) is 1. The van der Waals surface area contributed by atoms with E-state index < -0.39 is 29.9 Å². The van der Waals surface area contributed by atoms with Crippen LogP contribution in [-0.2, 0) is 41.6 Å². The zero-order valence-corrected chi connectivity index (χ0v) is 45.2. The van der Waals surface area contributed by atoms with Crippen LogP contribution < -0.4 is 24.8 Å². The number of aromatic nitrogens is 3. The molecular formula is C56H65ClFN7O11S. The number of carbonyl (C=O) groups excluding carboxylic acids is 3. The van der Waals surface area contributed by atoms with Crippen LogP contribution >= 0.6 is 22.9 Å². The average Bonchev–Trinajstić information content (AvgIpc) is 4.17. The second-order valence-electron chi connectivity index (χ2n) is 18.8. The predicted octanol–water partition coefficient (Wildman–Crippen LogP) is 8.17. The fourth-order valence-corrected chi connectivity index (χ4v) is 10.2. The number of benzene rings is 4. The van der Waals surface area contributed by atoms with E-state index in [1.165, 1.54) is 34.7 Å². The number of β-amino-alcohol motifs (C(OH)–C–C–N with tert-alkyl or cyclic N) is 1. The number of fused-ring (bicyclic) bond motifs is 2. The van der Waals surface area contributed by atoms with Crippen LogP contribution in [0.5, 0.6) is 17.2 Å². The predicted molar refractivity (Wildman–Crippen MR) is 289 cm³/mol. The van der Waals surface area contributed by atoms with Crippen molar-refractivity contribution >= 4 is 63.1 Å². The van der Waals surface area contributed by atoms with Gasteiger partial charge in [-0.2, -0.15) is 0 Å². The molecule has 4 aromatic carbocycles. The van der Waals surface area contributed by atoms with Crippen LogP contribution in [0.25, 0.3) is 21.3 Å². The zero-order valence-electron chi connectivity index (χ0n) is 43.6. The molecule has 0 spiro atoms. The monoisotopic (exact) mass is 1100 g/mol. The van der Waals surface area contributed by atoms with Gasteiger partial charge in [-0.3, -0.25) is 14.4 Å². The van der Waals surface area contributed by atoms with Crippen LogP contribution in [0.15, 0.2) is 84.6 Å². The Morgan fingerprint density at radius 2 is 1.55 bits per heavy atom. The molecule has 6 aromatic rings. The number of anilines is 2. The third-order valence-corrected chi connectivity index (χ3v) is 14.4. The molecule has 3 amide bonds. The van der Waals surface area contributed by atoms with Gasteiger partial charge < -0.3 is 58.7 Å². The van der Waals surface area contributed by atoms with Crippen LogP contribution in [0.2, 0.25) is 5.02 Å². The summed E-state index contributed by atoms with van der Waals surface area (Å²) in [6, 6.07) is 19.3. The number of hydrogen-bond donors (Lipinski definition) is 3. The van der Waals surface area contributed by atoms with E-state index in [1.54, 1.807) is 47.9 Å². The van der Waals surface area contributed by atoms with Gasteiger partial charge in [0.1, 0.15) is 49.0 Å². The van der Waals surface area contributed by atoms with E-state index in [4.69, 9.17) is 44.8 Å². The van der Waals surface area contributed by atoms with Crippen LogP contribution in [-0.4, -0.2) is 145 Å². The first kappa shape index (κ1) is 56.7. The van der Waals surface area contributed by atoms with Crippen molar-refractivity contribution < 1.29 is 57.0 Å². The van der Waals surface area contributed by atoms with E-state index in [1.807, 2.05) is 51.1 Å². The summed E-state index contributed by atoms with van der Waals surface area (Å²) in [7, 11) is 1.55. The van der Waals surface area contributed by atoms with Gasteiger partial charge in [0, 0.05) is 67.5 Å². The molecule has 1 saturated heterocycles. The number of halogens is 2. The lowest BCUT2D eigenvalue weighted by Crippen LogP contribution is -2.55. The highest BCUT2D eigenvalue weighted by molar-refractivity contribution is 7.13. The second kappa shape index (κ2) is 27.7. The molecule has 1 fully saturated rings. The summed E-state index contributed by atoms with van der Waals surface area (Å²) in [5, 5.41) is 17.6. The van der Waals surface area contributed by atoms with Gasteiger partial charge in [-0.15, -0.1) is 11.3 Å². The molecule has 3 atom stereocenters. The molecule has 2 aliphatic heterocycles. The Labute approximate surface area is 456 Å². The summed E-state index contributed by atoms with van der Waals surface area (Å²) in [5.41, 5.74) is 6.97. The normalized spacial score (nSPS) is 15.6. The van der Waals surface area contributed by atoms with Crippen molar-refractivity contribution in [3.63, 3.8) is 0 Å². The third kappa shape index (κ3) is 14.7. The summed E-state index contributed by atoms with van der Waals surface area (Å²) in [6.07, 6.45) is 2.27. The van der Waals surface area contributed by atoms with E-state index in [0.717, 1.165) is 40.1 Å². The van der Waals surface area contributed by atoms with E-state index in [0.29, 0.717) is 105 Å². The molecule has 21 heteroatoms. The van der Waals surface area contributed by atoms with Gasteiger partial charge in [0.15, 0.2) is 11.5 Å². The Kier molecular flexibility index (Phi) is 20.4. The third-order valence-electron chi connectivity index (χ3n) is 13.1. The number of ether oxygens (including phenoxy) is 7. The van der Waals surface area contributed by atoms with E-state index >= 15 is 0 Å². The molecule has 3 N–H and O–H groups in total. The highest BCUT2D eigenvalue weighted by Crippen LogP contribution is 2.36. The number of hydrogen-bond acceptors (Lipinski definition) is 16. The maximum absolute atomic E-state index is 14.2. The van der Waals surface area contributed by atoms with Gasteiger partial charge in [0.2, 0.25) is 11.8 Å². The highest BCUT2D eigenvalue weighted by Gasteiger charge is 2.46. The van der Waals surface area contributed by atoms with Crippen LogP contribution in [0.4, 0.5) is 15.9 Å². The smallest absolute Gasteiger partial charge is 0.255 e. The Balaban J connectivity index is 0.704. The van der Waals surface area contributed by atoms with Gasteiger partial charge in [-0.05, 0) is 73.2 Å². The molecule has 18 nitrogen and oxygen atoms in total. The van der Waals surface area contributed by atoms with Crippen molar-refractivity contribution in [1.29, 1.82) is 0 Å². The van der Waals surface area contributed by atoms with Crippen molar-refractivity contribution in [2.24, 2.45) is 5.92 Å². The first-order valence-electron chi connectivity index (χ1n) is 25.7. The maximum atomic E-state index is 14.2. The van der Waals surface area contributed by atoms with Crippen LogP contribution in [0.3, 0.4) is 0 Å². The fourth-order valence-electron chi connectivity index (χ4n) is 9.23. The first-order valence-corrected chi connectivity index (χ1v) is 27.0. The zero-order chi connectivity index (χ0) is 54.3. The molecule has 0 unspecified atom stereocenters. The Hall–Kier alpha value is -6.52. The molecule has 2 aromatic heterocycles. The molecular weight excluding hydrogens is 1030 g/mol. The molecule has 2 aliphatic rings. The number of aliphatic hydroxyl groups excluding tert-OH is 1. The molecule has 0 bridgehead atoms. The molecule has 0 saturated carbocycles. The summed E-state index contributed by atoms with van der Waals surface area (Å²) in [5.74, 6) is 0.334. The number of likely N-dealkylation sites (tertiary alicyclic amines) is 1. The second-order valence-corrected chi connectivity index (χ2v) is 20.1. The number of thiazole rings is 1. The molecule has 0 radical (unpaired) electrons. The minimum Gasteiger partial charge on any atom is -0.493 e. The number of amides is 3.